The Balaban J connectivity index is 1.63. The zero-order chi connectivity index (χ0) is 22.1. The second-order valence-corrected chi connectivity index (χ2v) is 8.83. The number of fused-ring (bicyclic) bond motifs is 1. The van der Waals surface area contributed by atoms with E-state index in [0.29, 0.717) is 31.0 Å². The first-order valence-electron chi connectivity index (χ1n) is 11.0. The van der Waals surface area contributed by atoms with Gasteiger partial charge in [-0.2, -0.15) is 0 Å². The first-order chi connectivity index (χ1) is 14.9. The molecule has 1 aromatic carbocycles. The maximum absolute atomic E-state index is 13.4. The van der Waals surface area contributed by atoms with Gasteiger partial charge in [0.05, 0.1) is 30.5 Å². The van der Waals surface area contributed by atoms with Crippen LogP contribution in [-0.2, 0) is 17.9 Å². The first kappa shape index (κ1) is 21.6. The summed E-state index contributed by atoms with van der Waals surface area (Å²) in [6.45, 7) is 8.19. The van der Waals surface area contributed by atoms with Gasteiger partial charge in [-0.1, -0.05) is 26.0 Å². The van der Waals surface area contributed by atoms with Gasteiger partial charge in [-0.25, -0.2) is 4.39 Å². The predicted octanol–water partition coefficient (Wildman–Crippen LogP) is 3.91. The fraction of sp³-hybridized carbons (Fsp3) is 0.500. The highest BCUT2D eigenvalue weighted by molar-refractivity contribution is 6.01. The third-order valence-corrected chi connectivity index (χ3v) is 6.37. The monoisotopic (exact) mass is 427 g/mol. The Morgan fingerprint density at radius 2 is 1.94 bits per heavy atom. The number of halogens is 1. The van der Waals surface area contributed by atoms with Gasteiger partial charge in [-0.3, -0.25) is 9.59 Å². The van der Waals surface area contributed by atoms with Crippen molar-refractivity contribution < 1.29 is 18.7 Å². The van der Waals surface area contributed by atoms with Crippen molar-refractivity contribution in [2.75, 3.05) is 13.2 Å². The van der Waals surface area contributed by atoms with Crippen molar-refractivity contribution in [2.24, 2.45) is 5.92 Å². The van der Waals surface area contributed by atoms with E-state index in [2.05, 4.69) is 12.2 Å². The Morgan fingerprint density at radius 1 is 1.19 bits per heavy atom. The summed E-state index contributed by atoms with van der Waals surface area (Å²) in [7, 11) is 0. The van der Waals surface area contributed by atoms with E-state index < -0.39 is 0 Å². The third kappa shape index (κ3) is 4.24. The molecule has 1 saturated heterocycles. The molecule has 4 rings (SSSR count). The van der Waals surface area contributed by atoms with E-state index in [1.54, 1.807) is 18.2 Å². The van der Waals surface area contributed by atoms with E-state index in [9.17, 15) is 14.0 Å². The minimum atomic E-state index is -0.308. The van der Waals surface area contributed by atoms with Crippen molar-refractivity contribution in [3.05, 3.63) is 58.7 Å². The third-order valence-electron chi connectivity index (χ3n) is 6.37. The Morgan fingerprint density at radius 3 is 2.58 bits per heavy atom. The number of amides is 2. The maximum Gasteiger partial charge on any atom is 0.268 e. The molecule has 0 bridgehead atoms. The molecule has 2 aliphatic rings. The van der Waals surface area contributed by atoms with Gasteiger partial charge in [-0.15, -0.1) is 0 Å². The van der Waals surface area contributed by atoms with E-state index in [1.165, 1.54) is 12.1 Å². The second kappa shape index (κ2) is 8.83. The Bertz CT molecular complexity index is 967. The van der Waals surface area contributed by atoms with Gasteiger partial charge in [0.15, 0.2) is 0 Å². The molecule has 166 valence electrons. The molecule has 0 spiro atoms. The molecule has 0 aliphatic carbocycles. The summed E-state index contributed by atoms with van der Waals surface area (Å²) in [5, 5.41) is 3.10. The Kier molecular flexibility index (Phi) is 6.14. The Hall–Kier alpha value is -2.67. The number of carbonyl (C=O) groups is 2. The number of carbonyl (C=O) groups excluding carboxylic acids is 2. The molecule has 0 radical (unpaired) electrons. The highest BCUT2D eigenvalue weighted by Crippen LogP contribution is 2.28. The Labute approximate surface area is 182 Å². The number of nitrogens with zero attached hydrogens (tertiary/aromatic N) is 2. The standard InChI is InChI=1S/C24H30FN3O3/c1-15(2)22(17-6-8-18(25)9-7-17)26-23(29)20-13-19(21-14-31-12-11-28(20)21)24(30)27-10-4-5-16(27)3/h6-9,13,15-16,22H,4-5,10-12,14H2,1-3H3,(H,26,29)/t16-,22+/m0/s1. The summed E-state index contributed by atoms with van der Waals surface area (Å²) >= 11 is 0. The molecular formula is C24H30FN3O3. The predicted molar refractivity (Wildman–Crippen MR) is 115 cm³/mol. The summed E-state index contributed by atoms with van der Waals surface area (Å²) in [4.78, 5) is 28.5. The fourth-order valence-corrected chi connectivity index (χ4v) is 4.61. The number of benzene rings is 1. The summed E-state index contributed by atoms with van der Waals surface area (Å²) in [6.07, 6.45) is 2.00. The number of rotatable bonds is 5. The molecule has 0 saturated carbocycles. The zero-order valence-corrected chi connectivity index (χ0v) is 18.4. The van der Waals surface area contributed by atoms with Gasteiger partial charge in [0.2, 0.25) is 0 Å². The number of likely N-dealkylation sites (tertiary alicyclic amines) is 1. The topological polar surface area (TPSA) is 63.6 Å². The summed E-state index contributed by atoms with van der Waals surface area (Å²) < 4.78 is 20.9. The van der Waals surface area contributed by atoms with Crippen LogP contribution in [0.15, 0.2) is 30.3 Å². The van der Waals surface area contributed by atoms with E-state index in [1.807, 2.05) is 23.3 Å². The molecule has 1 aromatic heterocycles. The molecular weight excluding hydrogens is 397 g/mol. The smallest absolute Gasteiger partial charge is 0.268 e. The average molecular weight is 428 g/mol. The molecule has 1 fully saturated rings. The number of aromatic nitrogens is 1. The average Bonchev–Trinajstić information content (AvgIpc) is 3.36. The molecule has 6 nitrogen and oxygen atoms in total. The number of ether oxygens (including phenoxy) is 1. The van der Waals surface area contributed by atoms with Crippen LogP contribution in [0.4, 0.5) is 4.39 Å². The van der Waals surface area contributed by atoms with Crippen LogP contribution in [0.3, 0.4) is 0 Å². The van der Waals surface area contributed by atoms with E-state index in [-0.39, 0.29) is 35.6 Å². The number of hydrogen-bond acceptors (Lipinski definition) is 3. The van der Waals surface area contributed by atoms with Crippen molar-refractivity contribution in [2.45, 2.75) is 58.8 Å². The lowest BCUT2D eigenvalue weighted by Crippen LogP contribution is -2.34. The van der Waals surface area contributed by atoms with Crippen LogP contribution in [0, 0.1) is 11.7 Å². The van der Waals surface area contributed by atoms with Crippen molar-refractivity contribution in [3.63, 3.8) is 0 Å². The van der Waals surface area contributed by atoms with Crippen LogP contribution in [0.1, 0.15) is 71.8 Å². The van der Waals surface area contributed by atoms with Gasteiger partial charge in [0.25, 0.3) is 11.8 Å². The van der Waals surface area contributed by atoms with Crippen molar-refractivity contribution >= 4 is 11.8 Å². The van der Waals surface area contributed by atoms with Crippen molar-refractivity contribution in [3.8, 4) is 0 Å². The van der Waals surface area contributed by atoms with Gasteiger partial charge >= 0.3 is 0 Å². The second-order valence-electron chi connectivity index (χ2n) is 8.83. The van der Waals surface area contributed by atoms with E-state index in [0.717, 1.165) is 30.6 Å². The summed E-state index contributed by atoms with van der Waals surface area (Å²) in [6, 6.07) is 7.86. The lowest BCUT2D eigenvalue weighted by molar-refractivity contribution is 0.0696. The molecule has 0 unspecified atom stereocenters. The van der Waals surface area contributed by atoms with Gasteiger partial charge in [0, 0.05) is 19.1 Å². The van der Waals surface area contributed by atoms with Crippen LogP contribution in [0.25, 0.3) is 0 Å². The van der Waals surface area contributed by atoms with Crippen LogP contribution in [-0.4, -0.2) is 40.5 Å². The first-order valence-corrected chi connectivity index (χ1v) is 11.0. The molecule has 2 atom stereocenters. The maximum atomic E-state index is 13.4. The van der Waals surface area contributed by atoms with Crippen molar-refractivity contribution in [1.82, 2.24) is 14.8 Å². The summed E-state index contributed by atoms with van der Waals surface area (Å²) in [5.74, 6) is -0.463. The SMILES string of the molecule is CC(C)[C@@H](NC(=O)c1cc(C(=O)N2CCC[C@@H]2C)c2n1CCOC2)c1ccc(F)cc1. The van der Waals surface area contributed by atoms with Crippen LogP contribution in [0.2, 0.25) is 0 Å². The van der Waals surface area contributed by atoms with Crippen LogP contribution >= 0.6 is 0 Å². The highest BCUT2D eigenvalue weighted by atomic mass is 19.1. The normalized spacial score (nSPS) is 19.4. The molecule has 7 heteroatoms. The largest absolute Gasteiger partial charge is 0.373 e. The van der Waals surface area contributed by atoms with Crippen LogP contribution in [0.5, 0.6) is 0 Å². The minimum Gasteiger partial charge on any atom is -0.373 e. The van der Waals surface area contributed by atoms with Gasteiger partial charge in [0.1, 0.15) is 11.5 Å². The molecule has 2 aromatic rings. The molecule has 31 heavy (non-hydrogen) atoms. The van der Waals surface area contributed by atoms with Gasteiger partial charge in [-0.05, 0) is 49.4 Å². The molecule has 1 N–H and O–H groups in total. The van der Waals surface area contributed by atoms with Crippen molar-refractivity contribution in [1.29, 1.82) is 0 Å². The fourth-order valence-electron chi connectivity index (χ4n) is 4.61. The van der Waals surface area contributed by atoms with E-state index in [4.69, 9.17) is 4.74 Å². The minimum absolute atomic E-state index is 0.0303. The van der Waals surface area contributed by atoms with Gasteiger partial charge < -0.3 is 19.5 Å². The highest BCUT2D eigenvalue weighted by Gasteiger charge is 2.32. The zero-order valence-electron chi connectivity index (χ0n) is 18.4. The lowest BCUT2D eigenvalue weighted by atomic mass is 9.96. The molecule has 2 aliphatic heterocycles. The molecule has 2 amide bonds. The van der Waals surface area contributed by atoms with Crippen LogP contribution < -0.4 is 5.32 Å². The molecule has 3 heterocycles. The quantitative estimate of drug-likeness (QED) is 0.787. The number of hydrogen-bond donors (Lipinski definition) is 1. The lowest BCUT2D eigenvalue weighted by Gasteiger charge is -2.25. The van der Waals surface area contributed by atoms with E-state index >= 15 is 0 Å². The summed E-state index contributed by atoms with van der Waals surface area (Å²) in [5.41, 5.74) is 2.65. The number of nitrogens with one attached hydrogen (secondary N) is 1.